The first-order valence-corrected chi connectivity index (χ1v) is 14.6. The molecule has 1 fully saturated rings. The van der Waals surface area contributed by atoms with E-state index in [1.54, 1.807) is 30.3 Å². The van der Waals surface area contributed by atoms with E-state index < -0.39 is 29.3 Å². The molecule has 8 nitrogen and oxygen atoms in total. The van der Waals surface area contributed by atoms with Crippen molar-refractivity contribution in [1.29, 1.82) is 0 Å². The van der Waals surface area contributed by atoms with Crippen molar-refractivity contribution >= 4 is 57.3 Å². The highest BCUT2D eigenvalue weighted by Gasteiger charge is 2.48. The van der Waals surface area contributed by atoms with Crippen LogP contribution >= 0.6 is 34.7 Å². The molecule has 1 aliphatic rings. The predicted molar refractivity (Wildman–Crippen MR) is 156 cm³/mol. The van der Waals surface area contributed by atoms with E-state index in [9.17, 15) is 19.1 Å². The summed E-state index contributed by atoms with van der Waals surface area (Å²) in [5.41, 5.74) is 1.25. The van der Waals surface area contributed by atoms with Gasteiger partial charge in [0.05, 0.1) is 25.3 Å². The van der Waals surface area contributed by atoms with Crippen LogP contribution < -0.4 is 14.4 Å². The van der Waals surface area contributed by atoms with Crippen LogP contribution in [0.15, 0.2) is 76.6 Å². The molecule has 1 unspecified atom stereocenters. The predicted octanol–water partition coefficient (Wildman–Crippen LogP) is 6.66. The third-order valence-corrected chi connectivity index (χ3v) is 8.76. The fourth-order valence-electron chi connectivity index (χ4n) is 4.34. The van der Waals surface area contributed by atoms with Crippen LogP contribution in [0.2, 0.25) is 5.02 Å². The van der Waals surface area contributed by atoms with Crippen molar-refractivity contribution < 1.29 is 28.6 Å². The van der Waals surface area contributed by atoms with Gasteiger partial charge in [0.2, 0.25) is 5.13 Å². The number of nitrogens with zero attached hydrogens (tertiary/aromatic N) is 3. The Morgan fingerprint density at radius 1 is 1.12 bits per heavy atom. The van der Waals surface area contributed by atoms with Crippen molar-refractivity contribution in [2.24, 2.45) is 0 Å². The summed E-state index contributed by atoms with van der Waals surface area (Å²) < 4.78 is 25.6. The maximum Gasteiger partial charge on any atom is 0.301 e. The van der Waals surface area contributed by atoms with Crippen LogP contribution in [-0.2, 0) is 15.3 Å². The maximum absolute atomic E-state index is 14.5. The number of ether oxygens (including phenoxy) is 2. The molecule has 1 aliphatic heterocycles. The lowest BCUT2D eigenvalue weighted by Crippen LogP contribution is -2.29. The number of hydrogen-bond acceptors (Lipinski definition) is 9. The molecular formula is C29H23ClFN3O5S2. The van der Waals surface area contributed by atoms with E-state index in [2.05, 4.69) is 10.2 Å². The normalized spacial score (nSPS) is 16.3. The minimum absolute atomic E-state index is 0.0190. The van der Waals surface area contributed by atoms with Crippen molar-refractivity contribution in [2.45, 2.75) is 23.1 Å². The molecule has 5 rings (SSSR count). The number of hydrogen-bond donors (Lipinski definition) is 1. The van der Waals surface area contributed by atoms with Crippen LogP contribution in [-0.4, -0.2) is 40.7 Å². The first kappa shape index (κ1) is 28.6. The van der Waals surface area contributed by atoms with Gasteiger partial charge in [0.1, 0.15) is 11.5 Å². The Labute approximate surface area is 248 Å². The summed E-state index contributed by atoms with van der Waals surface area (Å²) in [5.74, 6) is -1.98. The van der Waals surface area contributed by atoms with Gasteiger partial charge in [0.25, 0.3) is 5.78 Å². The number of thioether (sulfide) groups is 1. The number of halogens is 2. The van der Waals surface area contributed by atoms with Gasteiger partial charge in [-0.2, -0.15) is 0 Å². The van der Waals surface area contributed by atoms with Crippen molar-refractivity contribution in [2.75, 3.05) is 18.6 Å². The maximum atomic E-state index is 14.5. The fraction of sp³-hybridized carbons (Fsp3) is 0.172. The smallest absolute Gasteiger partial charge is 0.301 e. The SMILES string of the molecule is CCOc1ccc(C2/C(=C(/O)c3ccc(OC)c(F)c3)C(=O)C(=O)N2c2nnc(SCc3ccccc3Cl)s2)cc1. The molecule has 0 aliphatic carbocycles. The number of aliphatic hydroxyl groups is 1. The standard InChI is InChI=1S/C29H23ClFN3O5S2/c1-3-39-19-11-8-16(9-12-19)24-23(25(35)17-10-13-22(38-2)21(31)14-17)26(36)27(37)34(24)28-32-33-29(41-28)40-15-18-6-4-5-7-20(18)30/h4-14,24,35H,3,15H2,1-2H3/b25-23-. The molecule has 3 aromatic carbocycles. The van der Waals surface area contributed by atoms with E-state index in [0.29, 0.717) is 33.0 Å². The van der Waals surface area contributed by atoms with E-state index in [1.807, 2.05) is 25.1 Å². The number of benzene rings is 3. The second kappa shape index (κ2) is 12.3. The summed E-state index contributed by atoms with van der Waals surface area (Å²) in [6.45, 7) is 2.31. The van der Waals surface area contributed by atoms with Crippen LogP contribution in [0.3, 0.4) is 0 Å². The molecular weight excluding hydrogens is 589 g/mol. The van der Waals surface area contributed by atoms with Crippen LogP contribution in [0.5, 0.6) is 11.5 Å². The Bertz CT molecular complexity index is 1640. The molecule has 1 atom stereocenters. The highest BCUT2D eigenvalue weighted by atomic mass is 35.5. The fourth-order valence-corrected chi connectivity index (χ4v) is 6.49. The first-order valence-electron chi connectivity index (χ1n) is 12.4. The molecule has 0 saturated carbocycles. The first-order chi connectivity index (χ1) is 19.8. The van der Waals surface area contributed by atoms with Crippen molar-refractivity contribution in [3.05, 3.63) is 99.8 Å². The van der Waals surface area contributed by atoms with Crippen LogP contribution in [0.4, 0.5) is 9.52 Å². The number of aliphatic hydroxyl groups excluding tert-OH is 1. The van der Waals surface area contributed by atoms with Gasteiger partial charge in [0, 0.05) is 16.3 Å². The molecule has 0 spiro atoms. The quantitative estimate of drug-likeness (QED) is 0.0737. The van der Waals surface area contributed by atoms with Crippen LogP contribution in [0, 0.1) is 5.82 Å². The average Bonchev–Trinajstić information content (AvgIpc) is 3.54. The minimum Gasteiger partial charge on any atom is -0.507 e. The zero-order valence-corrected chi connectivity index (χ0v) is 24.2. The summed E-state index contributed by atoms with van der Waals surface area (Å²) in [6, 6.07) is 17.0. The summed E-state index contributed by atoms with van der Waals surface area (Å²) in [5, 5.41) is 20.5. The Morgan fingerprint density at radius 2 is 1.88 bits per heavy atom. The third-order valence-electron chi connectivity index (χ3n) is 6.29. The largest absolute Gasteiger partial charge is 0.507 e. The van der Waals surface area contributed by atoms with E-state index >= 15 is 0 Å². The van der Waals surface area contributed by atoms with Gasteiger partial charge < -0.3 is 14.6 Å². The summed E-state index contributed by atoms with van der Waals surface area (Å²) in [7, 11) is 1.32. The molecule has 41 heavy (non-hydrogen) atoms. The van der Waals surface area contributed by atoms with E-state index in [0.717, 1.165) is 23.0 Å². The zero-order valence-electron chi connectivity index (χ0n) is 21.8. The van der Waals surface area contributed by atoms with Gasteiger partial charge in [0.15, 0.2) is 15.9 Å². The Hall–Kier alpha value is -3.93. The number of rotatable bonds is 9. The summed E-state index contributed by atoms with van der Waals surface area (Å²) in [6.07, 6.45) is 0. The number of aromatic nitrogens is 2. The van der Waals surface area contributed by atoms with Crippen molar-refractivity contribution in [3.8, 4) is 11.5 Å². The molecule has 12 heteroatoms. The zero-order chi connectivity index (χ0) is 29.1. The molecule has 0 radical (unpaired) electrons. The van der Waals surface area contributed by atoms with Gasteiger partial charge in [-0.05, 0) is 54.4 Å². The number of amides is 1. The molecule has 1 N–H and O–H groups in total. The lowest BCUT2D eigenvalue weighted by Gasteiger charge is -2.22. The lowest BCUT2D eigenvalue weighted by atomic mass is 9.95. The summed E-state index contributed by atoms with van der Waals surface area (Å²) >= 11 is 8.79. The molecule has 2 heterocycles. The monoisotopic (exact) mass is 611 g/mol. The lowest BCUT2D eigenvalue weighted by molar-refractivity contribution is -0.132. The number of Topliss-reactive ketones (excluding diaryl/α,β-unsaturated/α-hetero) is 1. The average molecular weight is 612 g/mol. The number of methoxy groups -OCH3 is 1. The third kappa shape index (κ3) is 5.79. The van der Waals surface area contributed by atoms with E-state index in [1.165, 1.54) is 35.9 Å². The summed E-state index contributed by atoms with van der Waals surface area (Å²) in [4.78, 5) is 28.0. The Balaban J connectivity index is 1.55. The topological polar surface area (TPSA) is 102 Å². The number of carbonyl (C=O) groups is 2. The van der Waals surface area contributed by atoms with Gasteiger partial charge in [-0.15, -0.1) is 10.2 Å². The van der Waals surface area contributed by atoms with Gasteiger partial charge in [-0.1, -0.05) is 65.0 Å². The molecule has 1 aromatic heterocycles. The second-order valence-corrected chi connectivity index (χ2v) is 11.3. The molecule has 210 valence electrons. The van der Waals surface area contributed by atoms with Crippen LogP contribution in [0.25, 0.3) is 5.76 Å². The second-order valence-electron chi connectivity index (χ2n) is 8.75. The van der Waals surface area contributed by atoms with Gasteiger partial charge >= 0.3 is 5.91 Å². The Morgan fingerprint density at radius 3 is 2.56 bits per heavy atom. The molecule has 1 amide bonds. The van der Waals surface area contributed by atoms with Crippen molar-refractivity contribution in [3.63, 3.8) is 0 Å². The van der Waals surface area contributed by atoms with Crippen LogP contribution in [0.1, 0.15) is 29.7 Å². The number of carbonyl (C=O) groups excluding carboxylic acids is 2. The number of ketones is 1. The Kier molecular flexibility index (Phi) is 8.57. The van der Waals surface area contributed by atoms with Gasteiger partial charge in [-0.25, -0.2) is 4.39 Å². The van der Waals surface area contributed by atoms with Gasteiger partial charge in [-0.3, -0.25) is 14.5 Å². The minimum atomic E-state index is -1.05. The highest BCUT2D eigenvalue weighted by molar-refractivity contribution is 8.00. The number of anilines is 1. The molecule has 0 bridgehead atoms. The van der Waals surface area contributed by atoms with Crippen molar-refractivity contribution in [1.82, 2.24) is 10.2 Å². The molecule has 4 aromatic rings. The van der Waals surface area contributed by atoms with E-state index in [4.69, 9.17) is 21.1 Å². The van der Waals surface area contributed by atoms with E-state index in [-0.39, 0.29) is 22.0 Å². The highest BCUT2D eigenvalue weighted by Crippen LogP contribution is 2.44. The molecule has 1 saturated heterocycles.